The van der Waals surface area contributed by atoms with E-state index in [9.17, 15) is 4.79 Å². The maximum absolute atomic E-state index is 11.0. The molecule has 0 amide bonds. The molecule has 0 rings (SSSR count). The van der Waals surface area contributed by atoms with Crippen molar-refractivity contribution in [1.82, 2.24) is 5.32 Å². The van der Waals surface area contributed by atoms with Crippen molar-refractivity contribution in [3.05, 3.63) is 0 Å². The lowest BCUT2D eigenvalue weighted by Gasteiger charge is -2.18. The molecule has 0 aliphatic rings. The third-order valence-electron chi connectivity index (χ3n) is 1.72. The monoisotopic (exact) mass is 207 g/mol. The molecule has 1 atom stereocenters. The third kappa shape index (κ3) is 4.52. The van der Waals surface area contributed by atoms with Gasteiger partial charge >= 0.3 is 5.97 Å². The Morgan fingerprint density at radius 3 is 2.29 bits per heavy atom. The van der Waals surface area contributed by atoms with Gasteiger partial charge in [0, 0.05) is 20.8 Å². The number of methoxy groups -OCH3 is 3. The van der Waals surface area contributed by atoms with Gasteiger partial charge in [-0.3, -0.25) is 10.1 Å². The highest BCUT2D eigenvalue weighted by molar-refractivity contribution is 5.75. The molecule has 0 aliphatic carbocycles. The largest absolute Gasteiger partial charge is 0.468 e. The first-order valence-electron chi connectivity index (χ1n) is 4.17. The number of ether oxygens (including phenoxy) is 3. The summed E-state index contributed by atoms with van der Waals surface area (Å²) in [6.45, 7) is -0.0276. The van der Waals surface area contributed by atoms with E-state index in [1.54, 1.807) is 0 Å². The molecule has 0 spiro atoms. The average Bonchev–Trinajstić information content (AvgIpc) is 2.24. The summed E-state index contributed by atoms with van der Waals surface area (Å²) in [7, 11) is 4.24. The number of carbonyl (C=O) groups excluding carboxylic acids is 1. The molecule has 6 heteroatoms. The van der Waals surface area contributed by atoms with E-state index >= 15 is 0 Å². The van der Waals surface area contributed by atoms with E-state index in [2.05, 4.69) is 10.1 Å². The molecule has 0 aliphatic heterocycles. The molecule has 0 heterocycles. The van der Waals surface area contributed by atoms with Crippen molar-refractivity contribution in [1.29, 1.82) is 0 Å². The van der Waals surface area contributed by atoms with Crippen LogP contribution in [0, 0.1) is 0 Å². The molecule has 0 saturated heterocycles. The van der Waals surface area contributed by atoms with Gasteiger partial charge in [0.2, 0.25) is 0 Å². The minimum atomic E-state index is -0.743. The van der Waals surface area contributed by atoms with Crippen molar-refractivity contribution < 1.29 is 24.1 Å². The summed E-state index contributed by atoms with van der Waals surface area (Å²) in [6.07, 6.45) is -0.450. The number of rotatable bonds is 7. The Kier molecular flexibility index (Phi) is 7.31. The Labute approximate surface area is 83.1 Å². The van der Waals surface area contributed by atoms with Crippen molar-refractivity contribution in [2.45, 2.75) is 12.3 Å². The SMILES string of the molecule is COC(=O)[C@@H](CO)NCC(OC)OC. The van der Waals surface area contributed by atoms with Gasteiger partial charge in [0.1, 0.15) is 6.04 Å². The predicted molar refractivity (Wildman–Crippen MR) is 48.7 cm³/mol. The maximum atomic E-state index is 11.0. The fourth-order valence-corrected chi connectivity index (χ4v) is 0.866. The van der Waals surface area contributed by atoms with Crippen LogP contribution in [-0.2, 0) is 19.0 Å². The first kappa shape index (κ1) is 13.3. The Hall–Kier alpha value is -0.690. The van der Waals surface area contributed by atoms with Crippen LogP contribution in [0.4, 0.5) is 0 Å². The van der Waals surface area contributed by atoms with Crippen LogP contribution in [0.3, 0.4) is 0 Å². The summed E-state index contributed by atoms with van der Waals surface area (Å²) < 4.78 is 14.2. The molecule has 6 nitrogen and oxygen atoms in total. The van der Waals surface area contributed by atoms with E-state index in [1.165, 1.54) is 21.3 Å². The van der Waals surface area contributed by atoms with E-state index in [1.807, 2.05) is 0 Å². The number of esters is 1. The molecule has 0 aromatic rings. The van der Waals surface area contributed by atoms with E-state index < -0.39 is 18.3 Å². The summed E-state index contributed by atoms with van der Waals surface area (Å²) in [5, 5.41) is 11.6. The zero-order valence-electron chi connectivity index (χ0n) is 8.65. The number of hydrogen-bond donors (Lipinski definition) is 2. The van der Waals surface area contributed by atoms with E-state index in [-0.39, 0.29) is 6.61 Å². The van der Waals surface area contributed by atoms with Gasteiger partial charge in [-0.1, -0.05) is 0 Å². The number of carbonyl (C=O) groups is 1. The van der Waals surface area contributed by atoms with Crippen LogP contribution in [0.1, 0.15) is 0 Å². The van der Waals surface area contributed by atoms with E-state index in [0.717, 1.165) is 0 Å². The first-order chi connectivity index (χ1) is 6.69. The summed E-state index contributed by atoms with van der Waals surface area (Å²) >= 11 is 0. The molecule has 0 saturated carbocycles. The van der Waals surface area contributed by atoms with Crippen molar-refractivity contribution in [3.63, 3.8) is 0 Å². The topological polar surface area (TPSA) is 77.0 Å². The second-order valence-corrected chi connectivity index (χ2v) is 2.57. The van der Waals surface area contributed by atoms with Gasteiger partial charge in [-0.15, -0.1) is 0 Å². The highest BCUT2D eigenvalue weighted by Gasteiger charge is 2.18. The molecule has 0 bridgehead atoms. The quantitative estimate of drug-likeness (QED) is 0.400. The highest BCUT2D eigenvalue weighted by atomic mass is 16.7. The Morgan fingerprint density at radius 2 is 1.93 bits per heavy atom. The molecule has 0 unspecified atom stereocenters. The van der Waals surface area contributed by atoms with Crippen molar-refractivity contribution in [2.75, 3.05) is 34.5 Å². The zero-order valence-corrected chi connectivity index (χ0v) is 8.65. The fraction of sp³-hybridized carbons (Fsp3) is 0.875. The number of nitrogens with one attached hydrogen (secondary N) is 1. The maximum Gasteiger partial charge on any atom is 0.325 e. The lowest BCUT2D eigenvalue weighted by Crippen LogP contribution is -2.44. The molecule has 0 fully saturated rings. The van der Waals surface area contributed by atoms with E-state index in [4.69, 9.17) is 14.6 Å². The molecule has 14 heavy (non-hydrogen) atoms. The lowest BCUT2D eigenvalue weighted by atomic mass is 10.3. The van der Waals surface area contributed by atoms with Crippen LogP contribution in [-0.4, -0.2) is 57.9 Å². The summed E-state index contributed by atoms with van der Waals surface area (Å²) in [5.41, 5.74) is 0. The van der Waals surface area contributed by atoms with Crippen molar-refractivity contribution in [3.8, 4) is 0 Å². The van der Waals surface area contributed by atoms with Crippen LogP contribution in [0.5, 0.6) is 0 Å². The molecule has 0 aromatic carbocycles. The van der Waals surface area contributed by atoms with Crippen LogP contribution in [0.2, 0.25) is 0 Å². The molecule has 2 N–H and O–H groups in total. The standard InChI is InChI=1S/C8H17NO5/c1-12-7(13-2)4-9-6(5-10)8(11)14-3/h6-7,9-10H,4-5H2,1-3H3/t6-/m1/s1. The first-order valence-corrected chi connectivity index (χ1v) is 4.17. The van der Waals surface area contributed by atoms with Crippen molar-refractivity contribution in [2.24, 2.45) is 0 Å². The second-order valence-electron chi connectivity index (χ2n) is 2.57. The predicted octanol–water partition coefficient (Wildman–Crippen LogP) is -1.27. The summed E-state index contributed by atoms with van der Waals surface area (Å²) in [4.78, 5) is 11.0. The summed E-state index contributed by atoms with van der Waals surface area (Å²) in [6, 6.07) is -0.743. The second kappa shape index (κ2) is 7.69. The van der Waals surface area contributed by atoms with Gasteiger partial charge in [-0.2, -0.15) is 0 Å². The Bertz CT molecular complexity index is 160. The molecule has 84 valence electrons. The number of aliphatic hydroxyl groups excluding tert-OH is 1. The van der Waals surface area contributed by atoms with Gasteiger partial charge in [-0.05, 0) is 0 Å². The number of aliphatic hydroxyl groups is 1. The van der Waals surface area contributed by atoms with Gasteiger partial charge in [0.15, 0.2) is 6.29 Å². The molecular formula is C8H17NO5. The van der Waals surface area contributed by atoms with Crippen LogP contribution in [0.25, 0.3) is 0 Å². The van der Waals surface area contributed by atoms with Gasteiger partial charge in [-0.25, -0.2) is 0 Å². The van der Waals surface area contributed by atoms with Crippen molar-refractivity contribution >= 4 is 5.97 Å². The smallest absolute Gasteiger partial charge is 0.325 e. The Balaban J connectivity index is 3.88. The van der Waals surface area contributed by atoms with Crippen LogP contribution in [0.15, 0.2) is 0 Å². The number of hydrogen-bond acceptors (Lipinski definition) is 6. The fourth-order valence-electron chi connectivity index (χ4n) is 0.866. The normalized spacial score (nSPS) is 12.9. The third-order valence-corrected chi connectivity index (χ3v) is 1.72. The minimum absolute atomic E-state index is 0.299. The van der Waals surface area contributed by atoms with Gasteiger partial charge < -0.3 is 19.3 Å². The van der Waals surface area contributed by atoms with Gasteiger partial charge in [0.05, 0.1) is 13.7 Å². The van der Waals surface area contributed by atoms with E-state index in [0.29, 0.717) is 6.54 Å². The highest BCUT2D eigenvalue weighted by Crippen LogP contribution is 1.91. The lowest BCUT2D eigenvalue weighted by molar-refractivity contribution is -0.145. The molecule has 0 radical (unpaired) electrons. The van der Waals surface area contributed by atoms with Crippen LogP contribution >= 0.6 is 0 Å². The van der Waals surface area contributed by atoms with Gasteiger partial charge in [0.25, 0.3) is 0 Å². The summed E-state index contributed by atoms with van der Waals surface area (Å²) in [5.74, 6) is -0.515. The van der Waals surface area contributed by atoms with Crippen LogP contribution < -0.4 is 5.32 Å². The minimum Gasteiger partial charge on any atom is -0.468 e. The Morgan fingerprint density at radius 1 is 1.36 bits per heavy atom. The zero-order chi connectivity index (χ0) is 11.0. The average molecular weight is 207 g/mol. The molecular weight excluding hydrogens is 190 g/mol. The molecule has 0 aromatic heterocycles.